The lowest BCUT2D eigenvalue weighted by atomic mass is 10.1. The topological polar surface area (TPSA) is 93.7 Å². The Labute approximate surface area is 172 Å². The number of carbonyl (C=O) groups is 1. The van der Waals surface area contributed by atoms with E-state index >= 15 is 0 Å². The van der Waals surface area contributed by atoms with Gasteiger partial charge in [-0.15, -0.1) is 0 Å². The summed E-state index contributed by atoms with van der Waals surface area (Å²) in [6.07, 6.45) is 0.0498. The van der Waals surface area contributed by atoms with Crippen molar-refractivity contribution in [3.05, 3.63) is 54.1 Å². The summed E-state index contributed by atoms with van der Waals surface area (Å²) in [5.41, 5.74) is 0.858. The molecule has 158 valence electrons. The van der Waals surface area contributed by atoms with Gasteiger partial charge in [-0.2, -0.15) is 0 Å². The molecule has 0 aliphatic heterocycles. The molecule has 0 saturated heterocycles. The lowest BCUT2D eigenvalue weighted by molar-refractivity contribution is -0.121. The smallest absolute Gasteiger partial charge is 0.240 e. The Morgan fingerprint density at radius 1 is 1.03 bits per heavy atom. The van der Waals surface area contributed by atoms with E-state index in [9.17, 15) is 13.2 Å². The third kappa shape index (κ3) is 6.76. The molecule has 2 N–H and O–H groups in total. The fraction of sp³-hybridized carbons (Fsp3) is 0.381. The van der Waals surface area contributed by atoms with Crippen LogP contribution in [0.2, 0.25) is 0 Å². The van der Waals surface area contributed by atoms with Gasteiger partial charge >= 0.3 is 0 Å². The average Bonchev–Trinajstić information content (AvgIpc) is 2.68. The van der Waals surface area contributed by atoms with E-state index < -0.39 is 10.0 Å². The zero-order valence-corrected chi connectivity index (χ0v) is 18.0. The first kappa shape index (κ1) is 22.7. The van der Waals surface area contributed by atoms with Crippen molar-refractivity contribution in [1.29, 1.82) is 0 Å². The monoisotopic (exact) mass is 420 g/mol. The van der Waals surface area contributed by atoms with E-state index in [0.717, 1.165) is 5.56 Å². The first-order valence-corrected chi connectivity index (χ1v) is 10.9. The minimum absolute atomic E-state index is 0.0142. The fourth-order valence-corrected chi connectivity index (χ4v) is 3.74. The third-order valence-electron chi connectivity index (χ3n) is 4.13. The van der Waals surface area contributed by atoms with E-state index in [2.05, 4.69) is 10.0 Å². The van der Waals surface area contributed by atoms with Gasteiger partial charge in [0.25, 0.3) is 0 Å². The molecule has 7 nitrogen and oxygen atoms in total. The van der Waals surface area contributed by atoms with Crippen LogP contribution in [-0.4, -0.2) is 34.1 Å². The number of rotatable bonds is 10. The van der Waals surface area contributed by atoms with Crippen LogP contribution in [0.5, 0.6) is 11.5 Å². The Morgan fingerprint density at radius 3 is 2.34 bits per heavy atom. The van der Waals surface area contributed by atoms with Crippen LogP contribution in [0.4, 0.5) is 0 Å². The molecular weight excluding hydrogens is 392 g/mol. The summed E-state index contributed by atoms with van der Waals surface area (Å²) in [5, 5.41) is 2.86. The summed E-state index contributed by atoms with van der Waals surface area (Å²) in [6.45, 7) is 5.73. The maximum absolute atomic E-state index is 12.2. The van der Waals surface area contributed by atoms with Gasteiger partial charge in [-0.05, 0) is 50.6 Å². The number of amides is 1. The van der Waals surface area contributed by atoms with Gasteiger partial charge in [0.15, 0.2) is 11.5 Å². The molecule has 0 spiro atoms. The molecule has 0 heterocycles. The molecule has 1 atom stereocenters. The SMILES string of the molecule is COc1cc(C(C)NC(=O)CCNS(=O)(=O)c2ccccc2)ccc1OC(C)C. The predicted molar refractivity (Wildman–Crippen MR) is 112 cm³/mol. The number of hydrogen-bond donors (Lipinski definition) is 2. The summed E-state index contributed by atoms with van der Waals surface area (Å²) >= 11 is 0. The normalized spacial score (nSPS) is 12.4. The van der Waals surface area contributed by atoms with Gasteiger partial charge < -0.3 is 14.8 Å². The van der Waals surface area contributed by atoms with Crippen LogP contribution in [0.25, 0.3) is 0 Å². The number of hydrogen-bond acceptors (Lipinski definition) is 5. The molecule has 8 heteroatoms. The van der Waals surface area contributed by atoms with Crippen LogP contribution in [0.1, 0.15) is 38.8 Å². The summed E-state index contributed by atoms with van der Waals surface area (Å²) < 4.78 is 37.8. The van der Waals surface area contributed by atoms with Crippen LogP contribution in [0.3, 0.4) is 0 Å². The minimum Gasteiger partial charge on any atom is -0.493 e. The molecule has 2 aromatic carbocycles. The Bertz CT molecular complexity index is 914. The zero-order chi connectivity index (χ0) is 21.4. The Balaban J connectivity index is 1.90. The van der Waals surface area contributed by atoms with Crippen LogP contribution in [0.15, 0.2) is 53.4 Å². The van der Waals surface area contributed by atoms with Gasteiger partial charge in [0.2, 0.25) is 15.9 Å². The van der Waals surface area contributed by atoms with Crippen LogP contribution >= 0.6 is 0 Å². The van der Waals surface area contributed by atoms with Gasteiger partial charge in [0.1, 0.15) is 0 Å². The van der Waals surface area contributed by atoms with E-state index in [1.807, 2.05) is 39.0 Å². The number of nitrogens with one attached hydrogen (secondary N) is 2. The van der Waals surface area contributed by atoms with Crippen molar-refractivity contribution in [2.45, 2.75) is 44.2 Å². The standard InChI is InChI=1S/C21H28N2O5S/c1-15(2)28-19-11-10-17(14-20(19)27-4)16(3)23-21(24)12-13-22-29(25,26)18-8-6-5-7-9-18/h5-11,14-16,22H,12-13H2,1-4H3,(H,23,24). The molecule has 0 aliphatic carbocycles. The van der Waals surface area contributed by atoms with Crippen LogP contribution < -0.4 is 19.5 Å². The Morgan fingerprint density at radius 2 is 1.72 bits per heavy atom. The van der Waals surface area contributed by atoms with E-state index in [-0.39, 0.29) is 35.9 Å². The molecule has 2 rings (SSSR count). The quantitative estimate of drug-likeness (QED) is 0.616. The molecule has 0 aliphatic rings. The number of ether oxygens (including phenoxy) is 2. The molecule has 1 amide bonds. The summed E-state index contributed by atoms with van der Waals surface area (Å²) in [4.78, 5) is 12.4. The largest absolute Gasteiger partial charge is 0.493 e. The number of benzene rings is 2. The number of carbonyl (C=O) groups excluding carboxylic acids is 1. The highest BCUT2D eigenvalue weighted by molar-refractivity contribution is 7.89. The van der Waals surface area contributed by atoms with Crippen molar-refractivity contribution >= 4 is 15.9 Å². The second-order valence-electron chi connectivity index (χ2n) is 6.83. The molecule has 0 fully saturated rings. The molecule has 29 heavy (non-hydrogen) atoms. The van der Waals surface area contributed by atoms with Crippen molar-refractivity contribution in [1.82, 2.24) is 10.0 Å². The first-order valence-electron chi connectivity index (χ1n) is 9.41. The predicted octanol–water partition coefficient (Wildman–Crippen LogP) is 3.03. The highest BCUT2D eigenvalue weighted by atomic mass is 32.2. The number of sulfonamides is 1. The average molecular weight is 421 g/mol. The van der Waals surface area contributed by atoms with Gasteiger partial charge in [0, 0.05) is 13.0 Å². The molecule has 0 radical (unpaired) electrons. The first-order chi connectivity index (χ1) is 13.7. The highest BCUT2D eigenvalue weighted by Gasteiger charge is 2.16. The van der Waals surface area contributed by atoms with E-state index in [0.29, 0.717) is 11.5 Å². The van der Waals surface area contributed by atoms with Crippen molar-refractivity contribution in [3.63, 3.8) is 0 Å². The van der Waals surface area contributed by atoms with Gasteiger partial charge in [-0.25, -0.2) is 13.1 Å². The molecule has 0 bridgehead atoms. The molecule has 1 unspecified atom stereocenters. The second kappa shape index (κ2) is 10.3. The van der Waals surface area contributed by atoms with Gasteiger partial charge in [0.05, 0.1) is 24.2 Å². The fourth-order valence-electron chi connectivity index (χ4n) is 2.68. The van der Waals surface area contributed by atoms with Crippen molar-refractivity contribution in [3.8, 4) is 11.5 Å². The highest BCUT2D eigenvalue weighted by Crippen LogP contribution is 2.31. The molecule has 2 aromatic rings. The van der Waals surface area contributed by atoms with Crippen LogP contribution in [-0.2, 0) is 14.8 Å². The third-order valence-corrected chi connectivity index (χ3v) is 5.60. The zero-order valence-electron chi connectivity index (χ0n) is 17.1. The lowest BCUT2D eigenvalue weighted by Gasteiger charge is -2.18. The van der Waals surface area contributed by atoms with E-state index in [1.54, 1.807) is 25.3 Å². The maximum Gasteiger partial charge on any atom is 0.240 e. The summed E-state index contributed by atoms with van der Waals surface area (Å²) in [7, 11) is -2.06. The minimum atomic E-state index is -3.62. The van der Waals surface area contributed by atoms with Gasteiger partial charge in [-0.1, -0.05) is 24.3 Å². The summed E-state index contributed by atoms with van der Waals surface area (Å²) in [5.74, 6) is 0.975. The van der Waals surface area contributed by atoms with E-state index in [4.69, 9.17) is 9.47 Å². The second-order valence-corrected chi connectivity index (χ2v) is 8.59. The molecule has 0 aromatic heterocycles. The lowest BCUT2D eigenvalue weighted by Crippen LogP contribution is -2.32. The maximum atomic E-state index is 12.2. The Hall–Kier alpha value is -2.58. The van der Waals surface area contributed by atoms with Crippen molar-refractivity contribution < 1.29 is 22.7 Å². The van der Waals surface area contributed by atoms with Crippen molar-refractivity contribution in [2.24, 2.45) is 0 Å². The van der Waals surface area contributed by atoms with Crippen molar-refractivity contribution in [2.75, 3.05) is 13.7 Å². The Kier molecular flexibility index (Phi) is 8.04. The molecular formula is C21H28N2O5S. The number of methoxy groups -OCH3 is 1. The summed E-state index contributed by atoms with van der Waals surface area (Å²) in [6, 6.07) is 13.3. The van der Waals surface area contributed by atoms with Gasteiger partial charge in [-0.3, -0.25) is 4.79 Å². The molecule has 0 saturated carbocycles. The van der Waals surface area contributed by atoms with E-state index in [1.165, 1.54) is 12.1 Å². The van der Waals surface area contributed by atoms with Crippen LogP contribution in [0, 0.1) is 0 Å².